The fraction of sp³-hybridized carbons (Fsp3) is 0.150. The van der Waals surface area contributed by atoms with E-state index in [-0.39, 0.29) is 11.7 Å². The van der Waals surface area contributed by atoms with Crippen molar-refractivity contribution < 1.29 is 4.79 Å². The van der Waals surface area contributed by atoms with Crippen molar-refractivity contribution in [1.82, 2.24) is 14.6 Å². The fourth-order valence-electron chi connectivity index (χ4n) is 3.53. The summed E-state index contributed by atoms with van der Waals surface area (Å²) in [4.78, 5) is 18.8. The highest BCUT2D eigenvalue weighted by molar-refractivity contribution is 9.10. The molecular weight excluding hydrogens is 410 g/mol. The van der Waals surface area contributed by atoms with Crippen LogP contribution in [0.25, 0.3) is 16.8 Å². The van der Waals surface area contributed by atoms with Crippen LogP contribution in [-0.2, 0) is 6.42 Å². The molecule has 0 N–H and O–H groups in total. The van der Waals surface area contributed by atoms with Gasteiger partial charge < -0.3 is 0 Å². The molecule has 0 spiro atoms. The summed E-state index contributed by atoms with van der Waals surface area (Å²) >= 11 is 5.18. The molecule has 0 amide bonds. The summed E-state index contributed by atoms with van der Waals surface area (Å²) in [5, 5.41) is 6.49. The van der Waals surface area contributed by atoms with Gasteiger partial charge in [0, 0.05) is 33.4 Å². The maximum atomic E-state index is 12.7. The molecule has 4 nitrogen and oxygen atoms in total. The van der Waals surface area contributed by atoms with Gasteiger partial charge in [-0.05, 0) is 35.6 Å². The summed E-state index contributed by atoms with van der Waals surface area (Å²) < 4.78 is 2.76. The van der Waals surface area contributed by atoms with E-state index in [9.17, 15) is 4.79 Å². The minimum atomic E-state index is 0.153. The van der Waals surface area contributed by atoms with Gasteiger partial charge in [-0.1, -0.05) is 34.1 Å². The molecule has 1 aliphatic rings. The number of Topliss-reactive ketones (excluding diaryl/α,β-unsaturated/α-hetero) is 1. The zero-order valence-corrected chi connectivity index (χ0v) is 16.1. The second-order valence-electron chi connectivity index (χ2n) is 6.48. The molecule has 4 aromatic rings. The number of aromatic nitrogens is 3. The van der Waals surface area contributed by atoms with E-state index in [0.717, 1.165) is 33.4 Å². The first-order chi connectivity index (χ1) is 12.7. The lowest BCUT2D eigenvalue weighted by atomic mass is 9.85. The van der Waals surface area contributed by atoms with Gasteiger partial charge in [0.1, 0.15) is 0 Å². The zero-order valence-electron chi connectivity index (χ0n) is 13.7. The van der Waals surface area contributed by atoms with Crippen LogP contribution in [0.2, 0.25) is 0 Å². The van der Waals surface area contributed by atoms with Crippen LogP contribution in [0.3, 0.4) is 0 Å². The van der Waals surface area contributed by atoms with Gasteiger partial charge in [-0.2, -0.15) is 5.10 Å². The molecule has 6 heteroatoms. The maximum absolute atomic E-state index is 12.7. The molecule has 3 aromatic heterocycles. The molecule has 0 saturated heterocycles. The predicted molar refractivity (Wildman–Crippen MR) is 106 cm³/mol. The van der Waals surface area contributed by atoms with E-state index < -0.39 is 0 Å². The van der Waals surface area contributed by atoms with Gasteiger partial charge in [-0.3, -0.25) is 4.79 Å². The van der Waals surface area contributed by atoms with Crippen molar-refractivity contribution >= 4 is 38.7 Å². The molecule has 3 heterocycles. The van der Waals surface area contributed by atoms with Gasteiger partial charge in [-0.15, -0.1) is 11.3 Å². The number of carbonyl (C=O) groups excluding carboxylic acids is 1. The number of halogens is 1. The maximum Gasteiger partial charge on any atom is 0.166 e. The molecule has 1 aliphatic carbocycles. The Hall–Kier alpha value is -2.31. The number of hydrogen-bond donors (Lipinski definition) is 0. The molecule has 1 atom stereocenters. The summed E-state index contributed by atoms with van der Waals surface area (Å²) in [6.07, 6.45) is 5.00. The largest absolute Gasteiger partial charge is 0.294 e. The summed E-state index contributed by atoms with van der Waals surface area (Å²) in [5.41, 5.74) is 4.42. The Morgan fingerprint density at radius 2 is 1.96 bits per heavy atom. The van der Waals surface area contributed by atoms with Crippen LogP contribution < -0.4 is 0 Å². The Balaban J connectivity index is 1.62. The average molecular weight is 424 g/mol. The van der Waals surface area contributed by atoms with Crippen molar-refractivity contribution in [3.63, 3.8) is 0 Å². The zero-order chi connectivity index (χ0) is 17.7. The van der Waals surface area contributed by atoms with E-state index in [0.29, 0.717) is 12.0 Å². The molecule has 1 unspecified atom stereocenters. The standard InChI is InChI=1S/C20H14BrN3OS/c21-14-5-3-12(4-6-14)15-10-22-24-11-16-17(23-20(15)24)8-13(9-18(16)25)19-2-1-7-26-19/h1-7,10-11,13H,8-9H2. The van der Waals surface area contributed by atoms with Crippen molar-refractivity contribution in [2.24, 2.45) is 0 Å². The van der Waals surface area contributed by atoms with Crippen molar-refractivity contribution in [3.8, 4) is 11.1 Å². The molecule has 0 aliphatic heterocycles. The normalized spacial score (nSPS) is 16.8. The number of ketones is 1. The Morgan fingerprint density at radius 1 is 1.12 bits per heavy atom. The first-order valence-corrected chi connectivity index (χ1v) is 10.1. The van der Waals surface area contributed by atoms with Crippen molar-refractivity contribution in [1.29, 1.82) is 0 Å². The van der Waals surface area contributed by atoms with E-state index in [1.54, 1.807) is 15.9 Å². The van der Waals surface area contributed by atoms with Crippen LogP contribution in [0, 0.1) is 0 Å². The highest BCUT2D eigenvalue weighted by Crippen LogP contribution is 2.35. The average Bonchev–Trinajstić information content (AvgIpc) is 3.31. The van der Waals surface area contributed by atoms with Crippen LogP contribution in [0.5, 0.6) is 0 Å². The number of benzene rings is 1. The lowest BCUT2D eigenvalue weighted by Crippen LogP contribution is -2.20. The quantitative estimate of drug-likeness (QED) is 0.448. The topological polar surface area (TPSA) is 47.3 Å². The third-order valence-electron chi connectivity index (χ3n) is 4.85. The van der Waals surface area contributed by atoms with Crippen LogP contribution in [0.4, 0.5) is 0 Å². The highest BCUT2D eigenvalue weighted by Gasteiger charge is 2.29. The van der Waals surface area contributed by atoms with Crippen molar-refractivity contribution in [3.05, 3.63) is 74.8 Å². The number of rotatable bonds is 2. The Morgan fingerprint density at radius 3 is 2.73 bits per heavy atom. The van der Waals surface area contributed by atoms with Crippen LogP contribution in [-0.4, -0.2) is 20.4 Å². The van der Waals surface area contributed by atoms with Crippen LogP contribution in [0.15, 0.2) is 58.6 Å². The van der Waals surface area contributed by atoms with Crippen LogP contribution >= 0.6 is 27.3 Å². The summed E-state index contributed by atoms with van der Waals surface area (Å²) in [6.45, 7) is 0. The van der Waals surface area contributed by atoms with Gasteiger partial charge in [0.15, 0.2) is 11.4 Å². The number of nitrogens with zero attached hydrogens (tertiary/aromatic N) is 3. The fourth-order valence-corrected chi connectivity index (χ4v) is 4.63. The second-order valence-corrected chi connectivity index (χ2v) is 8.37. The van der Waals surface area contributed by atoms with Crippen molar-refractivity contribution in [2.45, 2.75) is 18.8 Å². The van der Waals surface area contributed by atoms with E-state index >= 15 is 0 Å². The third-order valence-corrected chi connectivity index (χ3v) is 6.41. The first kappa shape index (κ1) is 15.9. The monoisotopic (exact) mass is 423 g/mol. The molecule has 26 heavy (non-hydrogen) atoms. The molecule has 1 aromatic carbocycles. The highest BCUT2D eigenvalue weighted by atomic mass is 79.9. The van der Waals surface area contributed by atoms with E-state index in [4.69, 9.17) is 4.98 Å². The Labute approximate surface area is 162 Å². The Bertz CT molecular complexity index is 1120. The smallest absolute Gasteiger partial charge is 0.166 e. The van der Waals surface area contributed by atoms with E-state index in [2.05, 4.69) is 32.5 Å². The van der Waals surface area contributed by atoms with Gasteiger partial charge in [0.25, 0.3) is 0 Å². The number of thiophene rings is 1. The van der Waals surface area contributed by atoms with E-state index in [1.807, 2.05) is 42.7 Å². The Kier molecular flexibility index (Phi) is 3.76. The molecule has 128 valence electrons. The number of hydrogen-bond acceptors (Lipinski definition) is 4. The minimum absolute atomic E-state index is 0.153. The summed E-state index contributed by atoms with van der Waals surface area (Å²) in [6, 6.07) is 12.3. The molecule has 0 bridgehead atoms. The van der Waals surface area contributed by atoms with Crippen LogP contribution in [0.1, 0.15) is 33.3 Å². The SMILES string of the molecule is O=C1CC(c2cccs2)Cc2nc3c(-c4ccc(Br)cc4)cnn3cc21. The van der Waals surface area contributed by atoms with E-state index in [1.165, 1.54) is 4.88 Å². The second kappa shape index (κ2) is 6.14. The predicted octanol–water partition coefficient (Wildman–Crippen LogP) is 5.13. The lowest BCUT2D eigenvalue weighted by molar-refractivity contribution is 0.0963. The van der Waals surface area contributed by atoms with Gasteiger partial charge in [-0.25, -0.2) is 9.50 Å². The van der Waals surface area contributed by atoms with Gasteiger partial charge >= 0.3 is 0 Å². The van der Waals surface area contributed by atoms with Gasteiger partial charge in [0.2, 0.25) is 0 Å². The first-order valence-electron chi connectivity index (χ1n) is 8.39. The number of carbonyl (C=O) groups is 1. The summed E-state index contributed by atoms with van der Waals surface area (Å²) in [7, 11) is 0. The lowest BCUT2D eigenvalue weighted by Gasteiger charge is -2.22. The minimum Gasteiger partial charge on any atom is -0.294 e. The summed E-state index contributed by atoms with van der Waals surface area (Å²) in [5.74, 6) is 0.378. The third kappa shape index (κ3) is 2.61. The molecule has 5 rings (SSSR count). The number of fused-ring (bicyclic) bond motifs is 2. The molecular formula is C20H14BrN3OS. The molecule has 0 radical (unpaired) electrons. The van der Waals surface area contributed by atoms with Crippen molar-refractivity contribution in [2.75, 3.05) is 0 Å². The molecule has 0 saturated carbocycles. The van der Waals surface area contributed by atoms with Gasteiger partial charge in [0.05, 0.1) is 17.5 Å². The molecule has 0 fully saturated rings.